The lowest BCUT2D eigenvalue weighted by molar-refractivity contribution is 0.410. The Morgan fingerprint density at radius 3 is 2.82 bits per heavy atom. The second kappa shape index (κ2) is 3.80. The summed E-state index contributed by atoms with van der Waals surface area (Å²) in [6.07, 6.45) is 4.27. The molecule has 0 radical (unpaired) electrons. The van der Waals surface area contributed by atoms with E-state index >= 15 is 0 Å². The van der Waals surface area contributed by atoms with E-state index in [9.17, 15) is 0 Å². The molecule has 1 heterocycles. The summed E-state index contributed by atoms with van der Waals surface area (Å²) >= 11 is 0. The Kier molecular flexibility index (Phi) is 2.28. The zero-order valence-corrected chi connectivity index (χ0v) is 9.73. The molecule has 0 spiro atoms. The largest absolute Gasteiger partial charge is 0.496 e. The molecule has 1 saturated carbocycles. The molecule has 0 saturated heterocycles. The lowest BCUT2D eigenvalue weighted by Crippen LogP contribution is -1.92. The minimum Gasteiger partial charge on any atom is -0.496 e. The fraction of sp³-hybridized carbons (Fsp3) is 0.308. The first-order valence-corrected chi connectivity index (χ1v) is 5.76. The number of nitrogens with one attached hydrogen (secondary N) is 1. The fourth-order valence-electron chi connectivity index (χ4n) is 2.14. The molecule has 2 aromatic rings. The van der Waals surface area contributed by atoms with Crippen LogP contribution in [-0.4, -0.2) is 17.3 Å². The number of nitrogen functional groups attached to an aromatic ring is 1. The summed E-state index contributed by atoms with van der Waals surface area (Å²) in [5.74, 6) is 2.22. The highest BCUT2D eigenvalue weighted by molar-refractivity contribution is 5.74. The molecule has 88 valence electrons. The van der Waals surface area contributed by atoms with Crippen LogP contribution in [-0.2, 0) is 0 Å². The highest BCUT2D eigenvalue weighted by Crippen LogP contribution is 2.45. The molecule has 0 bridgehead atoms. The van der Waals surface area contributed by atoms with Crippen molar-refractivity contribution in [1.82, 2.24) is 10.2 Å². The van der Waals surface area contributed by atoms with E-state index in [1.807, 2.05) is 6.07 Å². The molecular weight excluding hydrogens is 214 g/mol. The lowest BCUT2D eigenvalue weighted by atomic mass is 10.0. The molecule has 1 aromatic carbocycles. The van der Waals surface area contributed by atoms with Gasteiger partial charge in [-0.2, -0.15) is 5.10 Å². The Balaban J connectivity index is 2.04. The molecule has 1 aliphatic carbocycles. The van der Waals surface area contributed by atoms with Crippen LogP contribution in [0.4, 0.5) is 5.82 Å². The molecule has 0 amide bonds. The van der Waals surface area contributed by atoms with E-state index in [0.717, 1.165) is 16.9 Å². The Morgan fingerprint density at radius 2 is 2.24 bits per heavy atom. The number of benzene rings is 1. The van der Waals surface area contributed by atoms with Gasteiger partial charge in [0.2, 0.25) is 0 Å². The Morgan fingerprint density at radius 1 is 1.41 bits per heavy atom. The van der Waals surface area contributed by atoms with Crippen LogP contribution in [0.5, 0.6) is 5.75 Å². The number of rotatable bonds is 3. The SMILES string of the molecule is COc1cc(-c2cn[nH]c2N)ccc1C1CC1. The summed E-state index contributed by atoms with van der Waals surface area (Å²) in [5, 5.41) is 6.67. The van der Waals surface area contributed by atoms with Gasteiger partial charge in [-0.25, -0.2) is 0 Å². The van der Waals surface area contributed by atoms with Crippen molar-refractivity contribution >= 4 is 5.82 Å². The van der Waals surface area contributed by atoms with Crippen molar-refractivity contribution in [3.63, 3.8) is 0 Å². The molecule has 3 N–H and O–H groups in total. The van der Waals surface area contributed by atoms with Gasteiger partial charge < -0.3 is 10.5 Å². The Labute approximate surface area is 99.8 Å². The smallest absolute Gasteiger partial charge is 0.126 e. The average Bonchev–Trinajstić information content (AvgIpc) is 3.11. The lowest BCUT2D eigenvalue weighted by Gasteiger charge is -2.09. The molecule has 1 aromatic heterocycles. The van der Waals surface area contributed by atoms with Gasteiger partial charge in [0.25, 0.3) is 0 Å². The zero-order chi connectivity index (χ0) is 11.8. The first-order chi connectivity index (χ1) is 8.29. The van der Waals surface area contributed by atoms with Crippen LogP contribution in [0, 0.1) is 0 Å². The predicted molar refractivity (Wildman–Crippen MR) is 67.0 cm³/mol. The van der Waals surface area contributed by atoms with Crippen molar-refractivity contribution in [2.24, 2.45) is 0 Å². The average molecular weight is 229 g/mol. The number of ether oxygens (including phenoxy) is 1. The number of nitrogens with two attached hydrogens (primary N) is 1. The van der Waals surface area contributed by atoms with Crippen molar-refractivity contribution in [2.45, 2.75) is 18.8 Å². The van der Waals surface area contributed by atoms with E-state index in [0.29, 0.717) is 11.7 Å². The molecule has 4 nitrogen and oxygen atoms in total. The van der Waals surface area contributed by atoms with Gasteiger partial charge in [-0.1, -0.05) is 12.1 Å². The third-order valence-corrected chi connectivity index (χ3v) is 3.23. The van der Waals surface area contributed by atoms with E-state index in [4.69, 9.17) is 10.5 Å². The summed E-state index contributed by atoms with van der Waals surface area (Å²) in [5.41, 5.74) is 9.08. The highest BCUT2D eigenvalue weighted by Gasteiger charge is 2.26. The van der Waals surface area contributed by atoms with Crippen LogP contribution in [0.3, 0.4) is 0 Å². The number of anilines is 1. The van der Waals surface area contributed by atoms with Crippen molar-refractivity contribution in [3.8, 4) is 16.9 Å². The van der Waals surface area contributed by atoms with E-state index in [-0.39, 0.29) is 0 Å². The molecule has 3 rings (SSSR count). The molecular formula is C13H15N3O. The van der Waals surface area contributed by atoms with Gasteiger partial charge in [0, 0.05) is 5.56 Å². The summed E-state index contributed by atoms with van der Waals surface area (Å²) in [4.78, 5) is 0. The topological polar surface area (TPSA) is 63.9 Å². The number of aromatic nitrogens is 2. The van der Waals surface area contributed by atoms with Crippen molar-refractivity contribution < 1.29 is 4.74 Å². The van der Waals surface area contributed by atoms with Crippen molar-refractivity contribution in [1.29, 1.82) is 0 Å². The molecule has 0 atom stereocenters. The molecule has 17 heavy (non-hydrogen) atoms. The third-order valence-electron chi connectivity index (χ3n) is 3.23. The highest BCUT2D eigenvalue weighted by atomic mass is 16.5. The summed E-state index contributed by atoms with van der Waals surface area (Å²) in [7, 11) is 1.71. The van der Waals surface area contributed by atoms with Crippen LogP contribution in [0.1, 0.15) is 24.3 Å². The summed E-state index contributed by atoms with van der Waals surface area (Å²) < 4.78 is 5.45. The zero-order valence-electron chi connectivity index (χ0n) is 9.73. The molecule has 1 fully saturated rings. The van der Waals surface area contributed by atoms with Gasteiger partial charge in [0.05, 0.1) is 13.3 Å². The monoisotopic (exact) mass is 229 g/mol. The van der Waals surface area contributed by atoms with Gasteiger partial charge >= 0.3 is 0 Å². The van der Waals surface area contributed by atoms with Crippen LogP contribution < -0.4 is 10.5 Å². The fourth-order valence-corrected chi connectivity index (χ4v) is 2.14. The number of hydrogen-bond donors (Lipinski definition) is 2. The third kappa shape index (κ3) is 1.75. The maximum Gasteiger partial charge on any atom is 0.126 e. The van der Waals surface area contributed by atoms with Crippen LogP contribution >= 0.6 is 0 Å². The van der Waals surface area contributed by atoms with Crippen LogP contribution in [0.2, 0.25) is 0 Å². The van der Waals surface area contributed by atoms with Crippen molar-refractivity contribution in [2.75, 3.05) is 12.8 Å². The van der Waals surface area contributed by atoms with Crippen molar-refractivity contribution in [3.05, 3.63) is 30.0 Å². The second-order valence-corrected chi connectivity index (χ2v) is 4.43. The van der Waals surface area contributed by atoms with E-state index in [1.165, 1.54) is 18.4 Å². The quantitative estimate of drug-likeness (QED) is 0.850. The number of methoxy groups -OCH3 is 1. The standard InChI is InChI=1S/C13H15N3O/c1-17-12-6-9(11-7-15-16-13(11)14)4-5-10(12)8-2-3-8/h4-8H,2-3H2,1H3,(H3,14,15,16). The van der Waals surface area contributed by atoms with Gasteiger partial charge in [-0.3, -0.25) is 5.10 Å². The van der Waals surface area contributed by atoms with Gasteiger partial charge in [-0.05, 0) is 36.0 Å². The predicted octanol–water partition coefficient (Wildman–Crippen LogP) is 2.54. The Bertz CT molecular complexity index is 543. The van der Waals surface area contributed by atoms with Gasteiger partial charge in [0.1, 0.15) is 11.6 Å². The number of H-pyrrole nitrogens is 1. The van der Waals surface area contributed by atoms with E-state index in [1.54, 1.807) is 13.3 Å². The minimum absolute atomic E-state index is 0.589. The van der Waals surface area contributed by atoms with E-state index in [2.05, 4.69) is 22.3 Å². The molecule has 4 heteroatoms. The summed E-state index contributed by atoms with van der Waals surface area (Å²) in [6, 6.07) is 6.25. The van der Waals surface area contributed by atoms with Crippen LogP contribution in [0.25, 0.3) is 11.1 Å². The van der Waals surface area contributed by atoms with E-state index < -0.39 is 0 Å². The molecule has 0 unspecified atom stereocenters. The minimum atomic E-state index is 0.589. The molecule has 1 aliphatic rings. The van der Waals surface area contributed by atoms with Gasteiger partial charge in [0.15, 0.2) is 0 Å². The van der Waals surface area contributed by atoms with Crippen LogP contribution in [0.15, 0.2) is 24.4 Å². The van der Waals surface area contributed by atoms with Gasteiger partial charge in [-0.15, -0.1) is 0 Å². The maximum atomic E-state index is 5.82. The summed E-state index contributed by atoms with van der Waals surface area (Å²) in [6.45, 7) is 0. The second-order valence-electron chi connectivity index (χ2n) is 4.43. The normalized spacial score (nSPS) is 14.9. The Hall–Kier alpha value is -1.97. The molecule has 0 aliphatic heterocycles. The first kappa shape index (κ1) is 10.2. The number of nitrogens with zero attached hydrogens (tertiary/aromatic N) is 1. The number of aromatic amines is 1. The first-order valence-electron chi connectivity index (χ1n) is 5.76. The number of hydrogen-bond acceptors (Lipinski definition) is 3. The maximum absolute atomic E-state index is 5.82.